The number of aromatic amines is 1. The zero-order valence-electron chi connectivity index (χ0n) is 12.6. The number of aryl methyl sites for hydroxylation is 1. The lowest BCUT2D eigenvalue weighted by Crippen LogP contribution is -2.43. The number of hydrogen-bond donors (Lipinski definition) is 1. The normalized spacial score (nSPS) is 20.4. The minimum Gasteiger partial charge on any atom is -0.378 e. The number of sulfonamides is 1. The Bertz CT molecular complexity index is 738. The molecule has 1 saturated heterocycles. The molecule has 1 N–H and O–H groups in total. The Kier molecular flexibility index (Phi) is 4.02. The Hall–Kier alpha value is -1.71. The molecule has 0 unspecified atom stereocenters. The molecule has 0 aliphatic carbocycles. The molecule has 0 spiro atoms. The quantitative estimate of drug-likeness (QED) is 0.893. The summed E-state index contributed by atoms with van der Waals surface area (Å²) in [6.07, 6.45) is 3.03. The lowest BCUT2D eigenvalue weighted by Gasteiger charge is -2.33. The van der Waals surface area contributed by atoms with Gasteiger partial charge < -0.3 is 4.74 Å². The highest BCUT2D eigenvalue weighted by molar-refractivity contribution is 7.89. The van der Waals surface area contributed by atoms with Crippen LogP contribution in [-0.4, -0.2) is 52.5 Å². The Morgan fingerprint density at radius 2 is 2.32 bits per heavy atom. The van der Waals surface area contributed by atoms with Gasteiger partial charge in [0.25, 0.3) is 0 Å². The Labute approximate surface area is 129 Å². The zero-order chi connectivity index (χ0) is 15.7. The number of morpholine rings is 1. The molecule has 9 heteroatoms. The summed E-state index contributed by atoms with van der Waals surface area (Å²) in [6.45, 7) is 5.33. The van der Waals surface area contributed by atoms with Crippen molar-refractivity contribution in [1.29, 1.82) is 0 Å². The summed E-state index contributed by atoms with van der Waals surface area (Å²) in [5.74, 6) is 0. The van der Waals surface area contributed by atoms with Crippen molar-refractivity contribution in [2.24, 2.45) is 0 Å². The van der Waals surface area contributed by atoms with Gasteiger partial charge >= 0.3 is 0 Å². The van der Waals surface area contributed by atoms with Crippen molar-refractivity contribution in [3.05, 3.63) is 29.8 Å². The Balaban J connectivity index is 2.00. The van der Waals surface area contributed by atoms with Gasteiger partial charge in [-0.3, -0.25) is 9.78 Å². The second kappa shape index (κ2) is 5.82. The fraction of sp³-hybridized carbons (Fsp3) is 0.538. The van der Waals surface area contributed by atoms with Gasteiger partial charge in [0, 0.05) is 19.3 Å². The molecular weight excluding hydrogens is 306 g/mol. The maximum atomic E-state index is 13.0. The summed E-state index contributed by atoms with van der Waals surface area (Å²) >= 11 is 0. The van der Waals surface area contributed by atoms with Crippen molar-refractivity contribution in [2.45, 2.75) is 31.3 Å². The van der Waals surface area contributed by atoms with Gasteiger partial charge in [-0.15, -0.1) is 0 Å². The molecule has 0 amide bonds. The largest absolute Gasteiger partial charge is 0.378 e. The average Bonchev–Trinajstić information content (AvgIpc) is 3.16. The standard InChI is InChI=1S/C13H19N5O3S/c1-3-17-10(2)13(8-15-17)22(19,20)18-6-7-21-9-12(18)11-4-5-14-16-11/h4-5,8,12H,3,6-7,9H2,1-2H3,(H,14,16)/t12-/m1/s1. The smallest absolute Gasteiger partial charge is 0.247 e. The van der Waals surface area contributed by atoms with E-state index in [2.05, 4.69) is 15.3 Å². The second-order valence-corrected chi connectivity index (χ2v) is 6.99. The van der Waals surface area contributed by atoms with Crippen LogP contribution in [0.2, 0.25) is 0 Å². The van der Waals surface area contributed by atoms with Crippen LogP contribution >= 0.6 is 0 Å². The van der Waals surface area contributed by atoms with Crippen LogP contribution in [0.25, 0.3) is 0 Å². The molecule has 0 saturated carbocycles. The molecule has 120 valence electrons. The van der Waals surface area contributed by atoms with Crippen molar-refractivity contribution in [2.75, 3.05) is 19.8 Å². The van der Waals surface area contributed by atoms with E-state index in [1.54, 1.807) is 23.9 Å². The van der Waals surface area contributed by atoms with E-state index in [1.807, 2.05) is 6.92 Å². The summed E-state index contributed by atoms with van der Waals surface area (Å²) < 4.78 is 34.6. The molecule has 2 aromatic rings. The van der Waals surface area contributed by atoms with E-state index in [9.17, 15) is 8.42 Å². The lowest BCUT2D eigenvalue weighted by molar-refractivity contribution is 0.0305. The van der Waals surface area contributed by atoms with Gasteiger partial charge in [0.2, 0.25) is 10.0 Å². The van der Waals surface area contributed by atoms with E-state index in [0.717, 1.165) is 5.69 Å². The molecular formula is C13H19N5O3S. The molecule has 3 rings (SSSR count). The summed E-state index contributed by atoms with van der Waals surface area (Å²) in [6, 6.07) is 1.37. The predicted molar refractivity (Wildman–Crippen MR) is 78.7 cm³/mol. The molecule has 0 bridgehead atoms. The minimum absolute atomic E-state index is 0.251. The Morgan fingerprint density at radius 1 is 1.50 bits per heavy atom. The molecule has 1 fully saturated rings. The van der Waals surface area contributed by atoms with Crippen LogP contribution < -0.4 is 0 Å². The highest BCUT2D eigenvalue weighted by Crippen LogP contribution is 2.30. The molecule has 1 atom stereocenters. The van der Waals surface area contributed by atoms with E-state index in [0.29, 0.717) is 32.0 Å². The molecule has 2 aromatic heterocycles. The molecule has 22 heavy (non-hydrogen) atoms. The second-order valence-electron chi connectivity index (χ2n) is 5.13. The summed E-state index contributed by atoms with van der Waals surface area (Å²) in [7, 11) is -3.63. The maximum absolute atomic E-state index is 13.0. The molecule has 0 radical (unpaired) electrons. The van der Waals surface area contributed by atoms with Crippen LogP contribution in [0.4, 0.5) is 0 Å². The molecule has 1 aliphatic heterocycles. The van der Waals surface area contributed by atoms with Crippen LogP contribution in [0.3, 0.4) is 0 Å². The minimum atomic E-state index is -3.63. The summed E-state index contributed by atoms with van der Waals surface area (Å²) in [5.41, 5.74) is 1.38. The number of rotatable bonds is 4. The zero-order valence-corrected chi connectivity index (χ0v) is 13.4. The predicted octanol–water partition coefficient (Wildman–Crippen LogP) is 0.697. The van der Waals surface area contributed by atoms with Crippen LogP contribution in [0.5, 0.6) is 0 Å². The topological polar surface area (TPSA) is 93.1 Å². The third-order valence-electron chi connectivity index (χ3n) is 3.90. The van der Waals surface area contributed by atoms with Crippen LogP contribution in [0.1, 0.15) is 24.4 Å². The highest BCUT2D eigenvalue weighted by Gasteiger charge is 2.37. The lowest BCUT2D eigenvalue weighted by atomic mass is 10.2. The first-order valence-electron chi connectivity index (χ1n) is 7.17. The maximum Gasteiger partial charge on any atom is 0.247 e. The van der Waals surface area contributed by atoms with Gasteiger partial charge in [0.15, 0.2) is 0 Å². The van der Waals surface area contributed by atoms with E-state index in [4.69, 9.17) is 4.74 Å². The summed E-state index contributed by atoms with van der Waals surface area (Å²) in [4.78, 5) is 0.251. The van der Waals surface area contributed by atoms with E-state index < -0.39 is 16.1 Å². The van der Waals surface area contributed by atoms with Crippen molar-refractivity contribution in [3.8, 4) is 0 Å². The van der Waals surface area contributed by atoms with Gasteiger partial charge in [-0.25, -0.2) is 8.42 Å². The molecule has 1 aliphatic rings. The SMILES string of the molecule is CCn1ncc(S(=O)(=O)N2CCOC[C@@H]2c2ccn[nH]2)c1C. The first-order chi connectivity index (χ1) is 10.6. The molecule has 3 heterocycles. The average molecular weight is 325 g/mol. The van der Waals surface area contributed by atoms with Crippen LogP contribution in [0, 0.1) is 6.92 Å². The number of nitrogens with one attached hydrogen (secondary N) is 1. The number of hydrogen-bond acceptors (Lipinski definition) is 5. The fourth-order valence-corrected chi connectivity index (χ4v) is 4.44. The van der Waals surface area contributed by atoms with Gasteiger partial charge in [-0.05, 0) is 19.9 Å². The highest BCUT2D eigenvalue weighted by atomic mass is 32.2. The summed E-state index contributed by atoms with van der Waals surface area (Å²) in [5, 5.41) is 10.9. The number of ether oxygens (including phenoxy) is 1. The van der Waals surface area contributed by atoms with E-state index in [-0.39, 0.29) is 4.90 Å². The van der Waals surface area contributed by atoms with Gasteiger partial charge in [0.1, 0.15) is 4.90 Å². The van der Waals surface area contributed by atoms with Crippen molar-refractivity contribution >= 4 is 10.0 Å². The van der Waals surface area contributed by atoms with E-state index in [1.165, 1.54) is 10.5 Å². The first kappa shape index (κ1) is 15.2. The fourth-order valence-electron chi connectivity index (χ4n) is 2.70. The van der Waals surface area contributed by atoms with Crippen molar-refractivity contribution < 1.29 is 13.2 Å². The number of aromatic nitrogens is 4. The van der Waals surface area contributed by atoms with Crippen LogP contribution in [-0.2, 0) is 21.3 Å². The number of nitrogens with zero attached hydrogens (tertiary/aromatic N) is 4. The molecule has 0 aromatic carbocycles. The third kappa shape index (κ3) is 2.44. The van der Waals surface area contributed by atoms with Gasteiger partial charge in [-0.1, -0.05) is 0 Å². The molecule has 8 nitrogen and oxygen atoms in total. The number of H-pyrrole nitrogens is 1. The van der Waals surface area contributed by atoms with Gasteiger partial charge in [-0.2, -0.15) is 14.5 Å². The van der Waals surface area contributed by atoms with Crippen molar-refractivity contribution in [3.63, 3.8) is 0 Å². The van der Waals surface area contributed by atoms with Gasteiger partial charge in [0.05, 0.1) is 36.8 Å². The Morgan fingerprint density at radius 3 is 2.95 bits per heavy atom. The van der Waals surface area contributed by atoms with Crippen molar-refractivity contribution in [1.82, 2.24) is 24.3 Å². The third-order valence-corrected chi connectivity index (χ3v) is 5.92. The first-order valence-corrected chi connectivity index (χ1v) is 8.61. The monoisotopic (exact) mass is 325 g/mol. The van der Waals surface area contributed by atoms with Crippen LogP contribution in [0.15, 0.2) is 23.4 Å². The van der Waals surface area contributed by atoms with E-state index >= 15 is 0 Å².